The van der Waals surface area contributed by atoms with Gasteiger partial charge in [-0.05, 0) is 13.3 Å². The lowest BCUT2D eigenvalue weighted by Crippen LogP contribution is -2.58. The summed E-state index contributed by atoms with van der Waals surface area (Å²) < 4.78 is 0. The number of primary amides is 1. The maximum Gasteiger partial charge on any atom is 0.325 e. The zero-order valence-corrected chi connectivity index (χ0v) is 14.7. The molecule has 0 saturated heterocycles. The molecule has 10 N–H and O–H groups in total. The van der Waals surface area contributed by atoms with Crippen molar-refractivity contribution in [2.75, 3.05) is 13.2 Å². The molecule has 0 aliphatic heterocycles. The largest absolute Gasteiger partial charge is 0.480 e. The van der Waals surface area contributed by atoms with Crippen molar-refractivity contribution < 1.29 is 39.3 Å². The molecule has 0 saturated carbocycles. The van der Waals surface area contributed by atoms with Gasteiger partial charge in [0, 0.05) is 6.42 Å². The maximum atomic E-state index is 12.2. The van der Waals surface area contributed by atoms with Crippen LogP contribution in [0.3, 0.4) is 0 Å². The van der Waals surface area contributed by atoms with Crippen molar-refractivity contribution in [3.05, 3.63) is 0 Å². The summed E-state index contributed by atoms with van der Waals surface area (Å²) in [6.07, 6.45) is -0.521. The molecule has 0 aliphatic carbocycles. The molecule has 0 heterocycles. The molecule has 154 valence electrons. The van der Waals surface area contributed by atoms with E-state index >= 15 is 0 Å². The Hall–Kier alpha value is -2.77. The van der Waals surface area contributed by atoms with Crippen molar-refractivity contribution in [2.24, 2.45) is 11.5 Å². The second kappa shape index (κ2) is 11.8. The Morgan fingerprint density at radius 3 is 1.85 bits per heavy atom. The minimum absolute atomic E-state index is 0.235. The molecule has 0 aromatic carbocycles. The molecule has 0 aromatic rings. The van der Waals surface area contributed by atoms with E-state index in [-0.39, 0.29) is 12.8 Å². The van der Waals surface area contributed by atoms with Crippen LogP contribution in [0.4, 0.5) is 0 Å². The standard InChI is InChI=1S/C14H25N5O8/c1-6(14(26)27)17-12(24)8(2-3-10(16)22)18-13(25)9(5-21)19-11(23)7(15)4-20/h6-9,20-21H,2-5,15H2,1H3,(H2,16,22)(H,17,24)(H,18,25)(H,19,23)(H,26,27). The summed E-state index contributed by atoms with van der Waals surface area (Å²) in [5, 5.41) is 33.3. The van der Waals surface area contributed by atoms with Crippen LogP contribution in [0.25, 0.3) is 0 Å². The summed E-state index contributed by atoms with van der Waals surface area (Å²) in [5.74, 6) is -4.86. The van der Waals surface area contributed by atoms with Gasteiger partial charge < -0.3 is 42.7 Å². The van der Waals surface area contributed by atoms with E-state index in [0.29, 0.717) is 0 Å². The van der Waals surface area contributed by atoms with Crippen LogP contribution in [0.2, 0.25) is 0 Å². The first-order valence-corrected chi connectivity index (χ1v) is 7.93. The third-order valence-electron chi connectivity index (χ3n) is 3.39. The van der Waals surface area contributed by atoms with Gasteiger partial charge in [0.2, 0.25) is 23.6 Å². The number of aliphatic hydroxyl groups is 2. The molecule has 0 radical (unpaired) electrons. The average Bonchev–Trinajstić information content (AvgIpc) is 2.61. The van der Waals surface area contributed by atoms with Crippen molar-refractivity contribution in [1.29, 1.82) is 0 Å². The zero-order chi connectivity index (χ0) is 21.1. The Morgan fingerprint density at radius 1 is 0.889 bits per heavy atom. The lowest BCUT2D eigenvalue weighted by molar-refractivity contribution is -0.142. The minimum atomic E-state index is -1.49. The van der Waals surface area contributed by atoms with Gasteiger partial charge in [-0.2, -0.15) is 0 Å². The highest BCUT2D eigenvalue weighted by Crippen LogP contribution is 2.00. The highest BCUT2D eigenvalue weighted by molar-refractivity contribution is 5.94. The number of carbonyl (C=O) groups is 5. The maximum absolute atomic E-state index is 12.2. The van der Waals surface area contributed by atoms with E-state index in [4.69, 9.17) is 21.7 Å². The number of hydrogen-bond acceptors (Lipinski definition) is 8. The second-order valence-corrected chi connectivity index (χ2v) is 5.67. The van der Waals surface area contributed by atoms with Crippen molar-refractivity contribution in [3.8, 4) is 0 Å². The van der Waals surface area contributed by atoms with E-state index < -0.39 is 67.0 Å². The lowest BCUT2D eigenvalue weighted by atomic mass is 10.1. The monoisotopic (exact) mass is 391 g/mol. The number of nitrogens with two attached hydrogens (primary N) is 2. The van der Waals surface area contributed by atoms with Crippen LogP contribution in [0.15, 0.2) is 0 Å². The van der Waals surface area contributed by atoms with E-state index in [1.807, 2.05) is 0 Å². The zero-order valence-electron chi connectivity index (χ0n) is 14.7. The molecule has 0 fully saturated rings. The number of carboxylic acids is 1. The first kappa shape index (κ1) is 24.2. The van der Waals surface area contributed by atoms with Crippen molar-refractivity contribution >= 4 is 29.6 Å². The van der Waals surface area contributed by atoms with E-state index in [1.165, 1.54) is 6.92 Å². The molecule has 13 heteroatoms. The second-order valence-electron chi connectivity index (χ2n) is 5.67. The molecule has 4 atom stereocenters. The Morgan fingerprint density at radius 2 is 1.41 bits per heavy atom. The Bertz CT molecular complexity index is 570. The Balaban J connectivity index is 5.12. The van der Waals surface area contributed by atoms with E-state index in [1.54, 1.807) is 0 Å². The fourth-order valence-electron chi connectivity index (χ4n) is 1.76. The molecule has 0 aliphatic rings. The number of hydrogen-bond donors (Lipinski definition) is 8. The Labute approximate surface area is 154 Å². The highest BCUT2D eigenvalue weighted by atomic mass is 16.4. The molecular formula is C14H25N5O8. The molecule has 4 unspecified atom stereocenters. The minimum Gasteiger partial charge on any atom is -0.480 e. The van der Waals surface area contributed by atoms with Crippen molar-refractivity contribution in [3.63, 3.8) is 0 Å². The van der Waals surface area contributed by atoms with Crippen LogP contribution in [0.1, 0.15) is 19.8 Å². The fraction of sp³-hybridized carbons (Fsp3) is 0.643. The number of aliphatic hydroxyl groups excluding tert-OH is 2. The predicted octanol–water partition coefficient (Wildman–Crippen LogP) is -4.88. The first-order valence-electron chi connectivity index (χ1n) is 7.93. The number of carbonyl (C=O) groups excluding carboxylic acids is 4. The van der Waals surface area contributed by atoms with Gasteiger partial charge in [0.15, 0.2) is 0 Å². The molecular weight excluding hydrogens is 366 g/mol. The quantitative estimate of drug-likeness (QED) is 0.159. The summed E-state index contributed by atoms with van der Waals surface area (Å²) in [5.41, 5.74) is 10.3. The van der Waals surface area contributed by atoms with Crippen LogP contribution in [0, 0.1) is 0 Å². The van der Waals surface area contributed by atoms with Gasteiger partial charge in [-0.15, -0.1) is 0 Å². The molecule has 0 rings (SSSR count). The van der Waals surface area contributed by atoms with Gasteiger partial charge in [-0.1, -0.05) is 0 Å². The smallest absolute Gasteiger partial charge is 0.325 e. The highest BCUT2D eigenvalue weighted by Gasteiger charge is 2.29. The van der Waals surface area contributed by atoms with Crippen molar-refractivity contribution in [1.82, 2.24) is 16.0 Å². The number of aliphatic carboxylic acids is 1. The SMILES string of the molecule is CC(NC(=O)C(CCC(N)=O)NC(=O)C(CO)NC(=O)C(N)CO)C(=O)O. The van der Waals surface area contributed by atoms with E-state index in [2.05, 4.69) is 16.0 Å². The summed E-state index contributed by atoms with van der Waals surface area (Å²) in [7, 11) is 0. The summed E-state index contributed by atoms with van der Waals surface area (Å²) in [6, 6.07) is -5.42. The average molecular weight is 391 g/mol. The van der Waals surface area contributed by atoms with Gasteiger partial charge >= 0.3 is 5.97 Å². The first-order chi connectivity index (χ1) is 12.5. The lowest BCUT2D eigenvalue weighted by Gasteiger charge is -2.23. The fourth-order valence-corrected chi connectivity index (χ4v) is 1.76. The van der Waals surface area contributed by atoms with E-state index in [9.17, 15) is 29.1 Å². The third kappa shape index (κ3) is 8.94. The van der Waals surface area contributed by atoms with Crippen LogP contribution < -0.4 is 27.4 Å². The topological polar surface area (TPSA) is 234 Å². The van der Waals surface area contributed by atoms with Gasteiger partial charge in [-0.3, -0.25) is 24.0 Å². The molecule has 0 aromatic heterocycles. The van der Waals surface area contributed by atoms with Gasteiger partial charge in [0.05, 0.1) is 13.2 Å². The van der Waals surface area contributed by atoms with Gasteiger partial charge in [-0.25, -0.2) is 0 Å². The third-order valence-corrected chi connectivity index (χ3v) is 3.39. The molecule has 0 bridgehead atoms. The predicted molar refractivity (Wildman–Crippen MR) is 89.7 cm³/mol. The molecule has 4 amide bonds. The molecule has 13 nitrogen and oxygen atoms in total. The summed E-state index contributed by atoms with van der Waals surface area (Å²) in [6.45, 7) is -0.339. The van der Waals surface area contributed by atoms with Crippen LogP contribution in [-0.4, -0.2) is 82.3 Å². The number of rotatable bonds is 12. The summed E-state index contributed by atoms with van der Waals surface area (Å²) in [4.78, 5) is 57.7. The van der Waals surface area contributed by atoms with Crippen LogP contribution in [-0.2, 0) is 24.0 Å². The van der Waals surface area contributed by atoms with E-state index in [0.717, 1.165) is 0 Å². The number of amides is 4. The molecule has 0 spiro atoms. The number of carboxylic acid groups (broad SMARTS) is 1. The Kier molecular flexibility index (Phi) is 10.6. The van der Waals surface area contributed by atoms with Crippen molar-refractivity contribution in [2.45, 2.75) is 43.9 Å². The van der Waals surface area contributed by atoms with Crippen LogP contribution in [0.5, 0.6) is 0 Å². The number of nitrogens with one attached hydrogen (secondary N) is 3. The van der Waals surface area contributed by atoms with Gasteiger partial charge in [0.1, 0.15) is 24.2 Å². The van der Waals surface area contributed by atoms with Gasteiger partial charge in [0.25, 0.3) is 0 Å². The van der Waals surface area contributed by atoms with Crippen LogP contribution >= 0.6 is 0 Å². The normalized spacial score (nSPS) is 15.0. The molecule has 27 heavy (non-hydrogen) atoms. The summed E-state index contributed by atoms with van der Waals surface area (Å²) >= 11 is 0.